The Hall–Kier alpha value is -1.73. The third-order valence-corrected chi connectivity index (χ3v) is 4.03. The maximum absolute atomic E-state index is 11.7. The van der Waals surface area contributed by atoms with E-state index < -0.39 is 21.8 Å². The number of hydrogen-bond acceptors (Lipinski definition) is 4. The van der Waals surface area contributed by atoms with Gasteiger partial charge >= 0.3 is 5.97 Å². The zero-order valence-electron chi connectivity index (χ0n) is 10.9. The standard InChI is InChI=1S/C13H17NO5S/c15-12(13(16)17)7-4-9-14-20(18,19)10-8-11-5-2-1-3-6-11/h1-3,5-6,14H,4,7-10H2,(H,16,17). The number of carboxylic acid groups (broad SMARTS) is 1. The molecule has 20 heavy (non-hydrogen) atoms. The summed E-state index contributed by atoms with van der Waals surface area (Å²) in [6, 6.07) is 9.23. The van der Waals surface area contributed by atoms with Crippen molar-refractivity contribution in [1.29, 1.82) is 0 Å². The van der Waals surface area contributed by atoms with Crippen LogP contribution >= 0.6 is 0 Å². The summed E-state index contributed by atoms with van der Waals surface area (Å²) in [4.78, 5) is 21.1. The summed E-state index contributed by atoms with van der Waals surface area (Å²) in [5, 5.41) is 8.36. The maximum Gasteiger partial charge on any atom is 0.372 e. The van der Waals surface area contributed by atoms with E-state index in [0.29, 0.717) is 6.42 Å². The first-order chi connectivity index (χ1) is 9.41. The van der Waals surface area contributed by atoms with E-state index in [4.69, 9.17) is 5.11 Å². The first kappa shape index (κ1) is 16.3. The van der Waals surface area contributed by atoms with Gasteiger partial charge in [-0.05, 0) is 18.4 Å². The number of ketones is 1. The highest BCUT2D eigenvalue weighted by Gasteiger charge is 2.13. The van der Waals surface area contributed by atoms with Gasteiger partial charge in [0, 0.05) is 13.0 Å². The summed E-state index contributed by atoms with van der Waals surface area (Å²) >= 11 is 0. The predicted octanol–water partition coefficient (Wildman–Crippen LogP) is 0.582. The number of aliphatic carboxylic acids is 1. The second-order valence-corrected chi connectivity index (χ2v) is 6.21. The van der Waals surface area contributed by atoms with Crippen molar-refractivity contribution < 1.29 is 23.1 Å². The van der Waals surface area contributed by atoms with Crippen LogP contribution in [0.25, 0.3) is 0 Å². The number of hydrogen-bond donors (Lipinski definition) is 2. The van der Waals surface area contributed by atoms with Crippen LogP contribution in [-0.2, 0) is 26.0 Å². The number of rotatable bonds is 9. The number of Topliss-reactive ketones (excluding diaryl/α,β-unsaturated/α-hetero) is 1. The minimum atomic E-state index is -3.41. The monoisotopic (exact) mass is 299 g/mol. The number of carbonyl (C=O) groups is 2. The summed E-state index contributed by atoms with van der Waals surface area (Å²) in [6.45, 7) is 0.0656. The van der Waals surface area contributed by atoms with Crippen LogP contribution in [0, 0.1) is 0 Å². The van der Waals surface area contributed by atoms with Gasteiger partial charge in [-0.2, -0.15) is 0 Å². The Balaban J connectivity index is 2.28. The topological polar surface area (TPSA) is 101 Å². The van der Waals surface area contributed by atoms with Gasteiger partial charge < -0.3 is 5.11 Å². The number of carbonyl (C=O) groups excluding carboxylic acids is 1. The fourth-order valence-corrected chi connectivity index (χ4v) is 2.66. The van der Waals surface area contributed by atoms with E-state index in [1.807, 2.05) is 30.3 Å². The minimum Gasteiger partial charge on any atom is -0.476 e. The fraction of sp³-hybridized carbons (Fsp3) is 0.385. The van der Waals surface area contributed by atoms with E-state index in [1.165, 1.54) is 0 Å². The molecular formula is C13H17NO5S. The van der Waals surface area contributed by atoms with Crippen LogP contribution in [0.2, 0.25) is 0 Å². The molecule has 0 atom stereocenters. The number of benzene rings is 1. The Morgan fingerprint density at radius 1 is 1.15 bits per heavy atom. The van der Waals surface area contributed by atoms with Gasteiger partial charge in [0.25, 0.3) is 0 Å². The second-order valence-electron chi connectivity index (χ2n) is 4.28. The summed E-state index contributed by atoms with van der Waals surface area (Å²) in [5.74, 6) is -2.44. The van der Waals surface area contributed by atoms with Gasteiger partial charge in [-0.3, -0.25) is 4.79 Å². The zero-order chi connectivity index (χ0) is 15.0. The number of sulfonamides is 1. The molecule has 6 nitrogen and oxygen atoms in total. The van der Waals surface area contributed by atoms with Gasteiger partial charge in [0.15, 0.2) is 0 Å². The molecule has 0 amide bonds. The molecule has 1 aromatic carbocycles. The quantitative estimate of drug-likeness (QED) is 0.513. The molecule has 0 heterocycles. The molecule has 0 aliphatic rings. The summed E-state index contributed by atoms with van der Waals surface area (Å²) in [5.41, 5.74) is 0.930. The molecule has 1 aromatic rings. The van der Waals surface area contributed by atoms with Crippen molar-refractivity contribution in [3.8, 4) is 0 Å². The molecule has 0 bridgehead atoms. The Morgan fingerprint density at radius 3 is 2.40 bits per heavy atom. The number of aryl methyl sites for hydroxylation is 1. The van der Waals surface area contributed by atoms with Gasteiger partial charge in [-0.25, -0.2) is 17.9 Å². The van der Waals surface area contributed by atoms with Gasteiger partial charge in [0.1, 0.15) is 0 Å². The highest BCUT2D eigenvalue weighted by molar-refractivity contribution is 7.89. The Bertz CT molecular complexity index is 553. The van der Waals surface area contributed by atoms with Crippen molar-refractivity contribution in [3.05, 3.63) is 35.9 Å². The van der Waals surface area contributed by atoms with Crippen molar-refractivity contribution in [2.75, 3.05) is 12.3 Å². The minimum absolute atomic E-state index is 0.0378. The van der Waals surface area contributed by atoms with Crippen LogP contribution in [0.5, 0.6) is 0 Å². The van der Waals surface area contributed by atoms with Gasteiger partial charge in [0.05, 0.1) is 5.75 Å². The van der Waals surface area contributed by atoms with Gasteiger partial charge in [-0.1, -0.05) is 30.3 Å². The van der Waals surface area contributed by atoms with Crippen LogP contribution < -0.4 is 4.72 Å². The number of carboxylic acids is 1. The van der Waals surface area contributed by atoms with Crippen molar-refractivity contribution in [3.63, 3.8) is 0 Å². The van der Waals surface area contributed by atoms with Crippen molar-refractivity contribution >= 4 is 21.8 Å². The lowest BCUT2D eigenvalue weighted by Crippen LogP contribution is -2.28. The second kappa shape index (κ2) is 7.76. The van der Waals surface area contributed by atoms with Crippen LogP contribution in [0.1, 0.15) is 18.4 Å². The van der Waals surface area contributed by atoms with E-state index in [1.54, 1.807) is 0 Å². The lowest BCUT2D eigenvalue weighted by molar-refractivity contribution is -0.149. The lowest BCUT2D eigenvalue weighted by Gasteiger charge is -2.06. The van der Waals surface area contributed by atoms with Crippen molar-refractivity contribution in [2.24, 2.45) is 0 Å². The molecule has 0 unspecified atom stereocenters. The van der Waals surface area contributed by atoms with Crippen LogP contribution in [-0.4, -0.2) is 37.6 Å². The smallest absolute Gasteiger partial charge is 0.372 e. The van der Waals surface area contributed by atoms with E-state index in [9.17, 15) is 18.0 Å². The molecule has 0 aliphatic heterocycles. The molecule has 0 aliphatic carbocycles. The Labute approximate surface area is 117 Å². The normalized spacial score (nSPS) is 11.2. The molecule has 0 saturated heterocycles. The van der Waals surface area contributed by atoms with Gasteiger partial charge in [0.2, 0.25) is 15.8 Å². The maximum atomic E-state index is 11.7. The molecular weight excluding hydrogens is 282 g/mol. The summed E-state index contributed by atoms with van der Waals surface area (Å²) < 4.78 is 25.7. The third-order valence-electron chi connectivity index (χ3n) is 2.64. The first-order valence-electron chi connectivity index (χ1n) is 6.18. The van der Waals surface area contributed by atoms with Crippen LogP contribution in [0.15, 0.2) is 30.3 Å². The Kier molecular flexibility index (Phi) is 6.33. The highest BCUT2D eigenvalue weighted by Crippen LogP contribution is 2.01. The SMILES string of the molecule is O=C(O)C(=O)CCCNS(=O)(=O)CCc1ccccc1. The summed E-state index contributed by atoms with van der Waals surface area (Å²) in [6.07, 6.45) is 0.413. The van der Waals surface area contributed by atoms with E-state index in [-0.39, 0.29) is 25.1 Å². The molecule has 0 radical (unpaired) electrons. The van der Waals surface area contributed by atoms with Gasteiger partial charge in [-0.15, -0.1) is 0 Å². The molecule has 0 aromatic heterocycles. The van der Waals surface area contributed by atoms with Crippen LogP contribution in [0.3, 0.4) is 0 Å². The lowest BCUT2D eigenvalue weighted by atomic mass is 10.2. The number of nitrogens with one attached hydrogen (secondary N) is 1. The third kappa shape index (κ3) is 6.44. The zero-order valence-corrected chi connectivity index (χ0v) is 11.7. The summed E-state index contributed by atoms with van der Waals surface area (Å²) in [7, 11) is -3.41. The van der Waals surface area contributed by atoms with Crippen molar-refractivity contribution in [1.82, 2.24) is 4.72 Å². The Morgan fingerprint density at radius 2 is 1.80 bits per heavy atom. The fourth-order valence-electron chi connectivity index (χ4n) is 1.55. The van der Waals surface area contributed by atoms with Crippen molar-refractivity contribution in [2.45, 2.75) is 19.3 Å². The molecule has 1 rings (SSSR count). The van der Waals surface area contributed by atoms with E-state index >= 15 is 0 Å². The molecule has 110 valence electrons. The largest absolute Gasteiger partial charge is 0.476 e. The molecule has 0 fully saturated rings. The van der Waals surface area contributed by atoms with Crippen LogP contribution in [0.4, 0.5) is 0 Å². The molecule has 0 saturated carbocycles. The average Bonchev–Trinajstić information content (AvgIpc) is 2.42. The predicted molar refractivity (Wildman–Crippen MR) is 73.8 cm³/mol. The molecule has 7 heteroatoms. The highest BCUT2D eigenvalue weighted by atomic mass is 32.2. The van der Waals surface area contributed by atoms with E-state index in [0.717, 1.165) is 5.56 Å². The molecule has 0 spiro atoms. The van der Waals surface area contributed by atoms with E-state index in [2.05, 4.69) is 4.72 Å². The molecule has 2 N–H and O–H groups in total. The average molecular weight is 299 g/mol. The first-order valence-corrected chi connectivity index (χ1v) is 7.83.